The zero-order chi connectivity index (χ0) is 20.1. The molecule has 4 N–H and O–H groups in total. The number of nitrogens with two attached hydrogens (primary N) is 1. The van der Waals surface area contributed by atoms with Crippen molar-refractivity contribution in [1.29, 1.82) is 0 Å². The van der Waals surface area contributed by atoms with Gasteiger partial charge in [0.25, 0.3) is 0 Å². The van der Waals surface area contributed by atoms with Gasteiger partial charge in [0.15, 0.2) is 0 Å². The number of carboxylic acids is 1. The summed E-state index contributed by atoms with van der Waals surface area (Å²) in [5.41, 5.74) is 8.90. The molecule has 0 aliphatic carbocycles. The maximum atomic E-state index is 11.1. The Hall–Kier alpha value is -2.60. The molecule has 0 saturated carbocycles. The molecule has 0 unspecified atom stereocenters. The lowest BCUT2D eigenvalue weighted by Gasteiger charge is -2.05. The van der Waals surface area contributed by atoms with Gasteiger partial charge in [-0.15, -0.1) is 0 Å². The number of nitrogens with one attached hydrogen (secondary N) is 1. The molecule has 0 radical (unpaired) electrons. The lowest BCUT2D eigenvalue weighted by atomic mass is 10.1. The van der Waals surface area contributed by atoms with Crippen LogP contribution in [0.15, 0.2) is 30.5 Å². The fourth-order valence-corrected chi connectivity index (χ4v) is 2.42. The van der Waals surface area contributed by atoms with E-state index in [4.69, 9.17) is 15.6 Å². The number of hydrogen-bond donors (Lipinski definition) is 3. The second-order valence-corrected chi connectivity index (χ2v) is 6.87. The van der Waals surface area contributed by atoms with E-state index in [0.717, 1.165) is 23.1 Å². The van der Waals surface area contributed by atoms with Crippen LogP contribution in [0.2, 0.25) is 0 Å². The minimum absolute atomic E-state index is 0.361. The molecule has 0 bridgehead atoms. The van der Waals surface area contributed by atoms with Crippen LogP contribution in [0.25, 0.3) is 11.1 Å². The number of hydrogen-bond acceptors (Lipinski definition) is 5. The van der Waals surface area contributed by atoms with E-state index in [1.165, 1.54) is 0 Å². The van der Waals surface area contributed by atoms with Gasteiger partial charge in [-0.25, -0.2) is 13.2 Å². The van der Waals surface area contributed by atoms with Crippen molar-refractivity contribution in [3.8, 4) is 11.1 Å². The van der Waals surface area contributed by atoms with Gasteiger partial charge >= 0.3 is 12.1 Å². The number of rotatable bonds is 4. The highest BCUT2D eigenvalue weighted by Gasteiger charge is 2.38. The topological polar surface area (TPSA) is 127 Å². The van der Waals surface area contributed by atoms with Crippen molar-refractivity contribution in [3.05, 3.63) is 36.2 Å². The van der Waals surface area contributed by atoms with Gasteiger partial charge in [0.1, 0.15) is 0 Å². The SMILES string of the molecule is Cn1cc(-c2ccc(NS(C)(=O)=O)cc2)c(CN)n1.O=C(O)C(F)(F)F. The average molecular weight is 394 g/mol. The van der Waals surface area contributed by atoms with E-state index in [1.807, 2.05) is 25.4 Å². The molecular weight excluding hydrogens is 377 g/mol. The summed E-state index contributed by atoms with van der Waals surface area (Å²) in [4.78, 5) is 8.90. The van der Waals surface area contributed by atoms with E-state index in [2.05, 4.69) is 9.82 Å². The molecule has 0 aliphatic heterocycles. The Morgan fingerprint density at radius 2 is 1.81 bits per heavy atom. The number of anilines is 1. The number of aliphatic carboxylic acids is 1. The van der Waals surface area contributed by atoms with Crippen LogP contribution in [-0.4, -0.2) is 41.7 Å². The summed E-state index contributed by atoms with van der Waals surface area (Å²) in [6.07, 6.45) is -2.07. The Morgan fingerprint density at radius 3 is 2.19 bits per heavy atom. The van der Waals surface area contributed by atoms with Gasteiger partial charge in [-0.2, -0.15) is 18.3 Å². The molecular formula is C14H17F3N4O4S. The number of sulfonamides is 1. The summed E-state index contributed by atoms with van der Waals surface area (Å²) < 4.78 is 58.1. The lowest BCUT2D eigenvalue weighted by molar-refractivity contribution is -0.192. The van der Waals surface area contributed by atoms with Gasteiger partial charge < -0.3 is 10.8 Å². The second kappa shape index (κ2) is 8.19. The van der Waals surface area contributed by atoms with Crippen molar-refractivity contribution in [2.24, 2.45) is 12.8 Å². The van der Waals surface area contributed by atoms with E-state index >= 15 is 0 Å². The quantitative estimate of drug-likeness (QED) is 0.722. The number of aryl methyl sites for hydroxylation is 1. The first-order valence-electron chi connectivity index (χ1n) is 6.94. The van der Waals surface area contributed by atoms with Crippen LogP contribution < -0.4 is 10.5 Å². The molecule has 0 fully saturated rings. The third-order valence-electron chi connectivity index (χ3n) is 2.84. The maximum absolute atomic E-state index is 11.1. The third-order valence-corrected chi connectivity index (χ3v) is 3.45. The van der Waals surface area contributed by atoms with Gasteiger partial charge in [-0.3, -0.25) is 9.40 Å². The summed E-state index contributed by atoms with van der Waals surface area (Å²) in [7, 11) is -1.41. The monoisotopic (exact) mass is 394 g/mol. The Kier molecular flexibility index (Phi) is 6.75. The number of halogens is 3. The standard InChI is InChI=1S/C12H16N4O2S.C2HF3O2/c1-16-8-11(12(7-13)14-16)9-3-5-10(6-4-9)15-19(2,17)18;3-2(4,5)1(6)7/h3-6,8,15H,7,13H2,1-2H3;(H,6,7). The van der Waals surface area contributed by atoms with Crippen LogP contribution in [-0.2, 0) is 28.4 Å². The van der Waals surface area contributed by atoms with Crippen LogP contribution in [0.3, 0.4) is 0 Å². The fourth-order valence-electron chi connectivity index (χ4n) is 1.86. The predicted molar refractivity (Wildman–Crippen MR) is 88.7 cm³/mol. The molecule has 1 aromatic heterocycles. The van der Waals surface area contributed by atoms with Gasteiger partial charge in [0.05, 0.1) is 11.9 Å². The molecule has 0 amide bonds. The van der Waals surface area contributed by atoms with E-state index in [0.29, 0.717) is 12.2 Å². The van der Waals surface area contributed by atoms with E-state index in [-0.39, 0.29) is 0 Å². The van der Waals surface area contributed by atoms with Crippen molar-refractivity contribution in [1.82, 2.24) is 9.78 Å². The summed E-state index contributed by atoms with van der Waals surface area (Å²) >= 11 is 0. The first kappa shape index (κ1) is 21.4. The molecule has 144 valence electrons. The zero-order valence-electron chi connectivity index (χ0n) is 13.8. The Balaban J connectivity index is 0.000000412. The molecule has 0 aliphatic rings. The van der Waals surface area contributed by atoms with Crippen LogP contribution in [0.1, 0.15) is 5.69 Å². The second-order valence-electron chi connectivity index (χ2n) is 5.12. The van der Waals surface area contributed by atoms with E-state index < -0.39 is 22.2 Å². The Labute approximate surface area is 147 Å². The summed E-state index contributed by atoms with van der Waals surface area (Å²) in [6.45, 7) is 0.361. The highest BCUT2D eigenvalue weighted by Crippen LogP contribution is 2.24. The van der Waals surface area contributed by atoms with Crippen molar-refractivity contribution in [2.45, 2.75) is 12.7 Å². The largest absolute Gasteiger partial charge is 0.490 e. The molecule has 0 atom stereocenters. The van der Waals surface area contributed by atoms with Gasteiger partial charge in [0, 0.05) is 31.0 Å². The molecule has 2 aromatic rings. The van der Waals surface area contributed by atoms with Crippen molar-refractivity contribution in [3.63, 3.8) is 0 Å². The third kappa shape index (κ3) is 6.72. The smallest absolute Gasteiger partial charge is 0.475 e. The number of carboxylic acid groups (broad SMARTS) is 1. The summed E-state index contributed by atoms with van der Waals surface area (Å²) in [6, 6.07) is 7.10. The molecule has 1 aromatic carbocycles. The van der Waals surface area contributed by atoms with E-state index in [1.54, 1.807) is 16.8 Å². The molecule has 2 rings (SSSR count). The zero-order valence-corrected chi connectivity index (χ0v) is 14.6. The molecule has 0 saturated heterocycles. The predicted octanol–water partition coefficient (Wildman–Crippen LogP) is 1.55. The number of aromatic nitrogens is 2. The molecule has 12 heteroatoms. The maximum Gasteiger partial charge on any atom is 0.490 e. The Bertz CT molecular complexity index is 861. The highest BCUT2D eigenvalue weighted by atomic mass is 32.2. The number of alkyl halides is 3. The van der Waals surface area contributed by atoms with Crippen LogP contribution in [0.5, 0.6) is 0 Å². The fraction of sp³-hybridized carbons (Fsp3) is 0.286. The minimum Gasteiger partial charge on any atom is -0.475 e. The Morgan fingerprint density at radius 1 is 1.31 bits per heavy atom. The number of nitrogens with zero attached hydrogens (tertiary/aromatic N) is 2. The molecule has 1 heterocycles. The highest BCUT2D eigenvalue weighted by molar-refractivity contribution is 7.92. The average Bonchev–Trinajstić information content (AvgIpc) is 2.87. The minimum atomic E-state index is -5.08. The van der Waals surface area contributed by atoms with Crippen molar-refractivity contribution < 1.29 is 31.5 Å². The summed E-state index contributed by atoms with van der Waals surface area (Å²) in [5.74, 6) is -2.76. The number of carbonyl (C=O) groups is 1. The first-order chi connectivity index (χ1) is 11.8. The van der Waals surface area contributed by atoms with Crippen molar-refractivity contribution >= 4 is 21.7 Å². The normalized spacial score (nSPS) is 11.5. The lowest BCUT2D eigenvalue weighted by Crippen LogP contribution is -2.21. The van der Waals surface area contributed by atoms with Gasteiger partial charge in [-0.1, -0.05) is 12.1 Å². The van der Waals surface area contributed by atoms with Crippen LogP contribution >= 0.6 is 0 Å². The van der Waals surface area contributed by atoms with E-state index in [9.17, 15) is 21.6 Å². The molecule has 0 spiro atoms. The molecule has 8 nitrogen and oxygen atoms in total. The summed E-state index contributed by atoms with van der Waals surface area (Å²) in [5, 5.41) is 11.4. The van der Waals surface area contributed by atoms with Gasteiger partial charge in [-0.05, 0) is 17.7 Å². The van der Waals surface area contributed by atoms with Gasteiger partial charge in [0.2, 0.25) is 10.0 Å². The first-order valence-corrected chi connectivity index (χ1v) is 8.83. The van der Waals surface area contributed by atoms with Crippen molar-refractivity contribution in [2.75, 3.05) is 11.0 Å². The van der Waals surface area contributed by atoms with Crippen LogP contribution in [0, 0.1) is 0 Å². The molecule has 26 heavy (non-hydrogen) atoms. The van der Waals surface area contributed by atoms with Crippen LogP contribution in [0.4, 0.5) is 18.9 Å². The number of benzene rings is 1.